The summed E-state index contributed by atoms with van der Waals surface area (Å²) in [6, 6.07) is 10.1. The van der Waals surface area contributed by atoms with Crippen molar-refractivity contribution in [1.82, 2.24) is 29.4 Å². The molecule has 0 atom stereocenters. The van der Waals surface area contributed by atoms with Crippen LogP contribution in [0.3, 0.4) is 0 Å². The van der Waals surface area contributed by atoms with Crippen LogP contribution in [0.1, 0.15) is 28.2 Å². The van der Waals surface area contributed by atoms with E-state index in [2.05, 4.69) is 41.2 Å². The molecule has 160 valence electrons. The molecule has 0 aliphatic carbocycles. The van der Waals surface area contributed by atoms with E-state index in [-0.39, 0.29) is 5.91 Å². The number of benzene rings is 1. The van der Waals surface area contributed by atoms with Gasteiger partial charge in [-0.05, 0) is 38.5 Å². The first-order valence-corrected chi connectivity index (χ1v) is 11.3. The predicted molar refractivity (Wildman–Crippen MR) is 122 cm³/mol. The standard InChI is InChI=1S/C22H25N7OS/c1-15-5-7-17(8-6-15)29-20-19(16(2)25-29)31-22(24-20)28-12-4-11-27(13-14-28)21(30)18-9-10-23-26(18)3/h5-10H,4,11-14H2,1-3H3. The van der Waals surface area contributed by atoms with Crippen molar-refractivity contribution >= 4 is 32.7 Å². The van der Waals surface area contributed by atoms with Crippen LogP contribution in [0.4, 0.5) is 5.13 Å². The molecule has 4 heterocycles. The van der Waals surface area contributed by atoms with Gasteiger partial charge in [-0.25, -0.2) is 4.68 Å². The van der Waals surface area contributed by atoms with Crippen molar-refractivity contribution in [2.45, 2.75) is 20.3 Å². The lowest BCUT2D eigenvalue weighted by atomic mass is 10.2. The Morgan fingerprint density at radius 1 is 1.03 bits per heavy atom. The fraction of sp³-hybridized carbons (Fsp3) is 0.364. The molecule has 0 radical (unpaired) electrons. The number of fused-ring (bicyclic) bond motifs is 1. The van der Waals surface area contributed by atoms with Crippen LogP contribution in [-0.4, -0.2) is 61.5 Å². The van der Waals surface area contributed by atoms with Gasteiger partial charge < -0.3 is 9.80 Å². The molecule has 0 N–H and O–H groups in total. The third kappa shape index (κ3) is 3.59. The molecule has 1 saturated heterocycles. The van der Waals surface area contributed by atoms with Gasteiger partial charge in [0.2, 0.25) is 0 Å². The molecule has 0 unspecified atom stereocenters. The number of hydrogen-bond donors (Lipinski definition) is 0. The smallest absolute Gasteiger partial charge is 0.272 e. The molecule has 1 amide bonds. The predicted octanol–water partition coefficient (Wildman–Crippen LogP) is 3.18. The maximum atomic E-state index is 12.9. The molecule has 8 nitrogen and oxygen atoms in total. The Hall–Kier alpha value is -3.20. The van der Waals surface area contributed by atoms with Crippen LogP contribution in [-0.2, 0) is 7.05 Å². The summed E-state index contributed by atoms with van der Waals surface area (Å²) in [5.41, 5.74) is 4.75. The second-order valence-corrected chi connectivity index (χ2v) is 8.93. The van der Waals surface area contributed by atoms with Gasteiger partial charge in [0.25, 0.3) is 5.91 Å². The van der Waals surface area contributed by atoms with E-state index < -0.39 is 0 Å². The minimum Gasteiger partial charge on any atom is -0.346 e. The highest BCUT2D eigenvalue weighted by Crippen LogP contribution is 2.33. The fourth-order valence-electron chi connectivity index (χ4n) is 3.98. The Morgan fingerprint density at radius 2 is 1.84 bits per heavy atom. The molecule has 0 bridgehead atoms. The van der Waals surface area contributed by atoms with Crippen LogP contribution < -0.4 is 4.90 Å². The summed E-state index contributed by atoms with van der Waals surface area (Å²) in [5.74, 6) is 0.0389. The lowest BCUT2D eigenvalue weighted by Gasteiger charge is -2.21. The van der Waals surface area contributed by atoms with Crippen molar-refractivity contribution in [2.75, 3.05) is 31.1 Å². The normalized spacial score (nSPS) is 14.9. The number of aryl methyl sites for hydroxylation is 3. The number of amides is 1. The van der Waals surface area contributed by atoms with Gasteiger partial charge in [0.05, 0.1) is 16.1 Å². The first kappa shape index (κ1) is 19.7. The summed E-state index contributed by atoms with van der Waals surface area (Å²) in [4.78, 5) is 22.0. The Kier molecular flexibility index (Phi) is 4.97. The Morgan fingerprint density at radius 3 is 2.58 bits per heavy atom. The minimum absolute atomic E-state index is 0.0389. The van der Waals surface area contributed by atoms with Crippen molar-refractivity contribution in [3.05, 3.63) is 53.5 Å². The highest BCUT2D eigenvalue weighted by Gasteiger charge is 2.24. The molecule has 5 rings (SSSR count). The van der Waals surface area contributed by atoms with Crippen molar-refractivity contribution in [3.63, 3.8) is 0 Å². The number of anilines is 1. The SMILES string of the molecule is Cc1ccc(-n2nc(C)c3sc(N4CCCN(C(=O)c5ccnn5C)CC4)nc32)cc1. The highest BCUT2D eigenvalue weighted by atomic mass is 32.1. The third-order valence-electron chi connectivity index (χ3n) is 5.75. The molecule has 4 aromatic rings. The van der Waals surface area contributed by atoms with Crippen molar-refractivity contribution < 1.29 is 4.79 Å². The van der Waals surface area contributed by atoms with E-state index in [1.54, 1.807) is 35.3 Å². The van der Waals surface area contributed by atoms with E-state index in [0.29, 0.717) is 12.2 Å². The molecule has 9 heteroatoms. The third-order valence-corrected chi connectivity index (χ3v) is 6.96. The van der Waals surface area contributed by atoms with Gasteiger partial charge in [-0.2, -0.15) is 15.2 Å². The van der Waals surface area contributed by atoms with Gasteiger partial charge in [0, 0.05) is 39.4 Å². The molecule has 1 aromatic carbocycles. The van der Waals surface area contributed by atoms with Crippen molar-refractivity contribution in [1.29, 1.82) is 0 Å². The van der Waals surface area contributed by atoms with E-state index in [4.69, 9.17) is 10.1 Å². The van der Waals surface area contributed by atoms with Gasteiger partial charge in [-0.3, -0.25) is 9.48 Å². The monoisotopic (exact) mass is 435 g/mol. The molecule has 1 fully saturated rings. The van der Waals surface area contributed by atoms with Crippen molar-refractivity contribution in [3.8, 4) is 5.69 Å². The maximum Gasteiger partial charge on any atom is 0.272 e. The zero-order chi connectivity index (χ0) is 21.5. The fourth-order valence-corrected chi connectivity index (χ4v) is 5.02. The van der Waals surface area contributed by atoms with Crippen LogP contribution >= 0.6 is 11.3 Å². The maximum absolute atomic E-state index is 12.9. The van der Waals surface area contributed by atoms with Gasteiger partial charge in [-0.1, -0.05) is 29.0 Å². The molecule has 0 spiro atoms. The van der Waals surface area contributed by atoms with Gasteiger partial charge in [0.15, 0.2) is 10.8 Å². The number of carbonyl (C=O) groups is 1. The quantitative estimate of drug-likeness (QED) is 0.494. The summed E-state index contributed by atoms with van der Waals surface area (Å²) in [6.07, 6.45) is 2.57. The van der Waals surface area contributed by atoms with E-state index in [9.17, 15) is 4.79 Å². The van der Waals surface area contributed by atoms with Crippen LogP contribution in [0.15, 0.2) is 36.5 Å². The molecule has 0 saturated carbocycles. The number of carbonyl (C=O) groups excluding carboxylic acids is 1. The molecular weight excluding hydrogens is 410 g/mol. The topological polar surface area (TPSA) is 72.1 Å². The average molecular weight is 436 g/mol. The summed E-state index contributed by atoms with van der Waals surface area (Å²) in [6.45, 7) is 7.16. The summed E-state index contributed by atoms with van der Waals surface area (Å²) < 4.78 is 4.68. The van der Waals surface area contributed by atoms with Crippen LogP contribution in [0, 0.1) is 13.8 Å². The lowest BCUT2D eigenvalue weighted by Crippen LogP contribution is -2.36. The second-order valence-electron chi connectivity index (χ2n) is 7.95. The van der Waals surface area contributed by atoms with Gasteiger partial charge in [0.1, 0.15) is 5.69 Å². The average Bonchev–Trinajstić information content (AvgIpc) is 3.40. The molecule has 1 aliphatic heterocycles. The van der Waals surface area contributed by atoms with Gasteiger partial charge >= 0.3 is 0 Å². The van der Waals surface area contributed by atoms with Crippen LogP contribution in [0.25, 0.3) is 16.0 Å². The number of aromatic nitrogens is 5. The Balaban J connectivity index is 1.39. The van der Waals surface area contributed by atoms with Gasteiger partial charge in [-0.15, -0.1) is 0 Å². The first-order valence-electron chi connectivity index (χ1n) is 10.5. The summed E-state index contributed by atoms with van der Waals surface area (Å²) >= 11 is 1.68. The number of thiazole rings is 1. The van der Waals surface area contributed by atoms with E-state index in [1.807, 2.05) is 16.5 Å². The Labute approximate surface area is 184 Å². The molecular formula is C22H25N7OS. The molecule has 1 aliphatic rings. The number of nitrogens with zero attached hydrogens (tertiary/aromatic N) is 7. The molecule has 31 heavy (non-hydrogen) atoms. The summed E-state index contributed by atoms with van der Waals surface area (Å²) in [5, 5.41) is 9.83. The largest absolute Gasteiger partial charge is 0.346 e. The number of hydrogen-bond acceptors (Lipinski definition) is 6. The van der Waals surface area contributed by atoms with E-state index in [0.717, 1.165) is 52.9 Å². The molecule has 3 aromatic heterocycles. The Bertz CT molecular complexity index is 1240. The zero-order valence-electron chi connectivity index (χ0n) is 17.9. The minimum atomic E-state index is 0.0389. The van der Waals surface area contributed by atoms with Crippen LogP contribution in [0.2, 0.25) is 0 Å². The lowest BCUT2D eigenvalue weighted by molar-refractivity contribution is 0.0756. The van der Waals surface area contributed by atoms with Crippen molar-refractivity contribution in [2.24, 2.45) is 7.05 Å². The first-order chi connectivity index (χ1) is 15.0. The summed E-state index contributed by atoms with van der Waals surface area (Å²) in [7, 11) is 1.80. The van der Waals surface area contributed by atoms with E-state index in [1.165, 1.54) is 5.56 Å². The van der Waals surface area contributed by atoms with E-state index >= 15 is 0 Å². The zero-order valence-corrected chi connectivity index (χ0v) is 18.8. The van der Waals surface area contributed by atoms with Crippen LogP contribution in [0.5, 0.6) is 0 Å². The highest BCUT2D eigenvalue weighted by molar-refractivity contribution is 7.22. The number of rotatable bonds is 3. The second kappa shape index (κ2) is 7.81.